The fraction of sp³-hybridized carbons (Fsp3) is 0.333. The Bertz CT molecular complexity index is 700. The summed E-state index contributed by atoms with van der Waals surface area (Å²) in [6, 6.07) is 6.97. The van der Waals surface area contributed by atoms with E-state index in [4.69, 9.17) is 10.8 Å². The third kappa shape index (κ3) is 2.90. The highest BCUT2D eigenvalue weighted by Crippen LogP contribution is 2.18. The van der Waals surface area contributed by atoms with Crippen molar-refractivity contribution in [3.63, 3.8) is 0 Å². The zero-order chi connectivity index (χ0) is 15.6. The normalized spacial score (nSPS) is 12.6. The van der Waals surface area contributed by atoms with Gasteiger partial charge in [-0.2, -0.15) is 0 Å². The molecular formula is C15H19N3O3. The Kier molecular flexibility index (Phi) is 4.28. The molecule has 2 aromatic rings. The maximum atomic E-state index is 12.3. The average Bonchev–Trinajstić information content (AvgIpc) is 2.81. The molecular weight excluding hydrogens is 270 g/mol. The molecule has 0 aliphatic rings. The molecule has 6 heteroatoms. The molecule has 0 bridgehead atoms. The first kappa shape index (κ1) is 15.1. The molecule has 112 valence electrons. The van der Waals surface area contributed by atoms with Crippen molar-refractivity contribution in [2.75, 3.05) is 6.54 Å². The predicted octanol–water partition coefficient (Wildman–Crippen LogP) is 1.35. The van der Waals surface area contributed by atoms with E-state index >= 15 is 0 Å². The highest BCUT2D eigenvalue weighted by atomic mass is 16.4. The number of benzene rings is 1. The maximum absolute atomic E-state index is 12.3. The monoisotopic (exact) mass is 289 g/mol. The summed E-state index contributed by atoms with van der Waals surface area (Å²) in [5.41, 5.74) is 6.59. The van der Waals surface area contributed by atoms with E-state index in [9.17, 15) is 9.59 Å². The molecule has 2 rings (SSSR count). The van der Waals surface area contributed by atoms with Crippen LogP contribution >= 0.6 is 0 Å². The number of aromatic nitrogens is 2. The lowest BCUT2D eigenvalue weighted by atomic mass is 9.99. The Morgan fingerprint density at radius 1 is 1.33 bits per heavy atom. The van der Waals surface area contributed by atoms with Gasteiger partial charge >= 0.3 is 11.7 Å². The van der Waals surface area contributed by atoms with Gasteiger partial charge in [-0.3, -0.25) is 13.9 Å². The third-order valence-electron chi connectivity index (χ3n) is 3.44. The lowest BCUT2D eigenvalue weighted by Gasteiger charge is -2.12. The van der Waals surface area contributed by atoms with Gasteiger partial charge in [-0.05, 0) is 31.5 Å². The SMILES string of the molecule is CC(C)n1ccn(-c2cccc(C(CN)C(=O)O)c2)c1=O. The molecule has 0 fully saturated rings. The number of nitrogens with two attached hydrogens (primary N) is 1. The van der Waals surface area contributed by atoms with Crippen molar-refractivity contribution in [1.82, 2.24) is 9.13 Å². The van der Waals surface area contributed by atoms with E-state index in [1.54, 1.807) is 41.2 Å². The van der Waals surface area contributed by atoms with Gasteiger partial charge in [0.15, 0.2) is 0 Å². The highest BCUT2D eigenvalue weighted by molar-refractivity contribution is 5.76. The van der Waals surface area contributed by atoms with Crippen LogP contribution in [-0.2, 0) is 4.79 Å². The number of rotatable bonds is 5. The molecule has 0 saturated carbocycles. The fourth-order valence-electron chi connectivity index (χ4n) is 2.25. The molecule has 1 atom stereocenters. The Hall–Kier alpha value is -2.34. The van der Waals surface area contributed by atoms with Crippen LogP contribution in [0.4, 0.5) is 0 Å². The quantitative estimate of drug-likeness (QED) is 0.869. The van der Waals surface area contributed by atoms with Gasteiger partial charge in [0.25, 0.3) is 0 Å². The largest absolute Gasteiger partial charge is 0.481 e. The zero-order valence-electron chi connectivity index (χ0n) is 12.1. The van der Waals surface area contributed by atoms with Gasteiger partial charge in [-0.1, -0.05) is 12.1 Å². The van der Waals surface area contributed by atoms with Crippen LogP contribution in [0.25, 0.3) is 5.69 Å². The van der Waals surface area contributed by atoms with E-state index in [1.165, 1.54) is 4.57 Å². The molecule has 21 heavy (non-hydrogen) atoms. The Balaban J connectivity index is 2.47. The summed E-state index contributed by atoms with van der Waals surface area (Å²) in [5.74, 6) is -1.74. The zero-order valence-corrected chi connectivity index (χ0v) is 12.1. The second-order valence-electron chi connectivity index (χ2n) is 5.17. The minimum Gasteiger partial charge on any atom is -0.481 e. The summed E-state index contributed by atoms with van der Waals surface area (Å²) in [7, 11) is 0. The van der Waals surface area contributed by atoms with Crippen molar-refractivity contribution in [1.29, 1.82) is 0 Å². The molecule has 3 N–H and O–H groups in total. The standard InChI is InChI=1S/C15H19N3O3/c1-10(2)17-6-7-18(15(17)21)12-5-3-4-11(8-12)13(9-16)14(19)20/h3-8,10,13H,9,16H2,1-2H3,(H,19,20). The number of imidazole rings is 1. The molecule has 1 unspecified atom stereocenters. The van der Waals surface area contributed by atoms with E-state index in [1.807, 2.05) is 13.8 Å². The van der Waals surface area contributed by atoms with E-state index < -0.39 is 11.9 Å². The molecule has 0 spiro atoms. The van der Waals surface area contributed by atoms with E-state index in [2.05, 4.69) is 0 Å². The second-order valence-corrected chi connectivity index (χ2v) is 5.17. The van der Waals surface area contributed by atoms with Crippen molar-refractivity contribution < 1.29 is 9.90 Å². The van der Waals surface area contributed by atoms with Gasteiger partial charge in [0.2, 0.25) is 0 Å². The first-order valence-corrected chi connectivity index (χ1v) is 6.78. The smallest absolute Gasteiger partial charge is 0.332 e. The highest BCUT2D eigenvalue weighted by Gasteiger charge is 2.18. The number of carboxylic acids is 1. The average molecular weight is 289 g/mol. The van der Waals surface area contributed by atoms with Crippen molar-refractivity contribution in [2.24, 2.45) is 5.73 Å². The Labute approximate surface area is 122 Å². The van der Waals surface area contributed by atoms with Crippen LogP contribution in [0.15, 0.2) is 41.5 Å². The predicted molar refractivity (Wildman–Crippen MR) is 79.8 cm³/mol. The second kappa shape index (κ2) is 5.97. The van der Waals surface area contributed by atoms with Gasteiger partial charge in [0, 0.05) is 25.0 Å². The van der Waals surface area contributed by atoms with Crippen molar-refractivity contribution in [3.05, 3.63) is 52.7 Å². The Morgan fingerprint density at radius 2 is 2.05 bits per heavy atom. The molecule has 0 aliphatic carbocycles. The summed E-state index contributed by atoms with van der Waals surface area (Å²) in [4.78, 5) is 23.5. The molecule has 0 aliphatic heterocycles. The summed E-state index contributed by atoms with van der Waals surface area (Å²) < 4.78 is 3.11. The van der Waals surface area contributed by atoms with Crippen molar-refractivity contribution in [3.8, 4) is 5.69 Å². The number of hydrogen-bond acceptors (Lipinski definition) is 3. The number of hydrogen-bond donors (Lipinski definition) is 2. The molecule has 0 saturated heterocycles. The number of carbonyl (C=O) groups is 1. The minimum atomic E-state index is -0.971. The van der Waals surface area contributed by atoms with Crippen LogP contribution < -0.4 is 11.4 Å². The lowest BCUT2D eigenvalue weighted by molar-refractivity contribution is -0.138. The van der Waals surface area contributed by atoms with Crippen molar-refractivity contribution >= 4 is 5.97 Å². The molecule has 1 aromatic carbocycles. The van der Waals surface area contributed by atoms with Gasteiger partial charge in [0.05, 0.1) is 11.6 Å². The molecule has 1 aromatic heterocycles. The first-order valence-electron chi connectivity index (χ1n) is 6.78. The van der Waals surface area contributed by atoms with Gasteiger partial charge < -0.3 is 10.8 Å². The molecule has 0 amide bonds. The minimum absolute atomic E-state index is 0.0146. The van der Waals surface area contributed by atoms with Crippen LogP contribution in [-0.4, -0.2) is 26.8 Å². The summed E-state index contributed by atoms with van der Waals surface area (Å²) in [6.45, 7) is 3.87. The summed E-state index contributed by atoms with van der Waals surface area (Å²) in [5, 5.41) is 9.17. The van der Waals surface area contributed by atoms with E-state index in [-0.39, 0.29) is 18.3 Å². The summed E-state index contributed by atoms with van der Waals surface area (Å²) >= 11 is 0. The summed E-state index contributed by atoms with van der Waals surface area (Å²) in [6.07, 6.45) is 3.40. The van der Waals surface area contributed by atoms with E-state index in [0.29, 0.717) is 11.3 Å². The topological polar surface area (TPSA) is 90.2 Å². The van der Waals surface area contributed by atoms with Crippen LogP contribution in [0, 0.1) is 0 Å². The fourth-order valence-corrected chi connectivity index (χ4v) is 2.25. The molecule has 0 radical (unpaired) electrons. The Morgan fingerprint density at radius 3 is 2.57 bits per heavy atom. The van der Waals surface area contributed by atoms with Crippen molar-refractivity contribution in [2.45, 2.75) is 25.8 Å². The third-order valence-corrected chi connectivity index (χ3v) is 3.44. The number of carboxylic acid groups (broad SMARTS) is 1. The van der Waals surface area contributed by atoms with Crippen LogP contribution in [0.5, 0.6) is 0 Å². The van der Waals surface area contributed by atoms with Crippen LogP contribution in [0.3, 0.4) is 0 Å². The van der Waals surface area contributed by atoms with E-state index in [0.717, 1.165) is 0 Å². The van der Waals surface area contributed by atoms with Gasteiger partial charge in [-0.15, -0.1) is 0 Å². The van der Waals surface area contributed by atoms with Gasteiger partial charge in [0.1, 0.15) is 0 Å². The molecule has 1 heterocycles. The number of aliphatic carboxylic acids is 1. The number of nitrogens with zero attached hydrogens (tertiary/aromatic N) is 2. The lowest BCUT2D eigenvalue weighted by Crippen LogP contribution is -2.25. The first-order chi connectivity index (χ1) is 9.95. The molecule has 6 nitrogen and oxygen atoms in total. The maximum Gasteiger partial charge on any atom is 0.332 e. The van der Waals surface area contributed by atoms with Crippen LogP contribution in [0.1, 0.15) is 31.4 Å². The van der Waals surface area contributed by atoms with Crippen LogP contribution in [0.2, 0.25) is 0 Å². The van der Waals surface area contributed by atoms with Gasteiger partial charge in [-0.25, -0.2) is 4.79 Å².